The largest absolute Gasteiger partial charge is 0.462 e. The average Bonchev–Trinajstić information content (AvgIpc) is 3.11. The van der Waals surface area contributed by atoms with E-state index < -0.39 is 6.10 Å². The second kappa shape index (κ2) is 39.1. The van der Waals surface area contributed by atoms with Crippen LogP contribution < -0.4 is 0 Å². The third-order valence-corrected chi connectivity index (χ3v) is 10.2. The topological polar surface area (TPSA) is 78.9 Å². The summed E-state index contributed by atoms with van der Waals surface area (Å²) >= 11 is 0. The standard InChI is InChI=1S/C46H88O6/c1-6-7-8-9-19-26-31-36-44(47)50-39-43(52-46(49)38-33-28-23-18-14-16-21-25-30-35-42(4)5)40-51-45(48)37-32-27-22-17-13-11-10-12-15-20-24-29-34-41(2)3/h41-43H,6-40H2,1-5H3/t43-/m0/s1. The van der Waals surface area contributed by atoms with Gasteiger partial charge < -0.3 is 14.2 Å². The van der Waals surface area contributed by atoms with Crippen LogP contribution in [-0.4, -0.2) is 37.2 Å². The number of unbranched alkanes of at least 4 members (excludes halogenated alkanes) is 25. The Morgan fingerprint density at radius 2 is 0.635 bits per heavy atom. The monoisotopic (exact) mass is 737 g/mol. The van der Waals surface area contributed by atoms with Crippen molar-refractivity contribution in [1.82, 2.24) is 0 Å². The molecule has 52 heavy (non-hydrogen) atoms. The fraction of sp³-hybridized carbons (Fsp3) is 0.935. The Morgan fingerprint density at radius 3 is 0.942 bits per heavy atom. The molecular formula is C46H88O6. The molecule has 0 rings (SSSR count). The number of esters is 3. The quantitative estimate of drug-likeness (QED) is 0.0354. The van der Waals surface area contributed by atoms with Gasteiger partial charge in [-0.1, -0.05) is 208 Å². The second-order valence-electron chi connectivity index (χ2n) is 16.6. The van der Waals surface area contributed by atoms with Crippen molar-refractivity contribution in [1.29, 1.82) is 0 Å². The summed E-state index contributed by atoms with van der Waals surface area (Å²) in [5.41, 5.74) is 0. The Labute approximate surface area is 323 Å². The van der Waals surface area contributed by atoms with Gasteiger partial charge in [0.15, 0.2) is 6.10 Å². The number of carbonyl (C=O) groups is 3. The predicted octanol–water partition coefficient (Wildman–Crippen LogP) is 14.2. The first kappa shape index (κ1) is 50.4. The van der Waals surface area contributed by atoms with Gasteiger partial charge in [0, 0.05) is 19.3 Å². The summed E-state index contributed by atoms with van der Waals surface area (Å²) < 4.78 is 16.7. The molecule has 0 bridgehead atoms. The van der Waals surface area contributed by atoms with E-state index in [9.17, 15) is 14.4 Å². The Hall–Kier alpha value is -1.59. The molecule has 0 heterocycles. The summed E-state index contributed by atoms with van der Waals surface area (Å²) in [5, 5.41) is 0. The van der Waals surface area contributed by atoms with Gasteiger partial charge in [-0.2, -0.15) is 0 Å². The maximum absolute atomic E-state index is 12.7. The molecule has 0 saturated carbocycles. The van der Waals surface area contributed by atoms with Gasteiger partial charge in [0.2, 0.25) is 0 Å². The van der Waals surface area contributed by atoms with Crippen LogP contribution in [0.1, 0.15) is 247 Å². The van der Waals surface area contributed by atoms with E-state index in [0.29, 0.717) is 19.3 Å². The van der Waals surface area contributed by atoms with Gasteiger partial charge in [-0.05, 0) is 31.1 Å². The molecule has 1 atom stereocenters. The van der Waals surface area contributed by atoms with Gasteiger partial charge in [-0.15, -0.1) is 0 Å². The minimum atomic E-state index is -0.759. The maximum atomic E-state index is 12.7. The fourth-order valence-electron chi connectivity index (χ4n) is 6.75. The predicted molar refractivity (Wildman–Crippen MR) is 220 cm³/mol. The molecule has 6 nitrogen and oxygen atoms in total. The van der Waals surface area contributed by atoms with E-state index in [0.717, 1.165) is 69.6 Å². The first-order chi connectivity index (χ1) is 25.2. The molecule has 0 fully saturated rings. The lowest BCUT2D eigenvalue weighted by molar-refractivity contribution is -0.167. The van der Waals surface area contributed by atoms with Crippen LogP contribution in [0, 0.1) is 11.8 Å². The van der Waals surface area contributed by atoms with E-state index in [-0.39, 0.29) is 31.1 Å². The number of carbonyl (C=O) groups excluding carboxylic acids is 3. The van der Waals surface area contributed by atoms with Gasteiger partial charge in [0.1, 0.15) is 13.2 Å². The summed E-state index contributed by atoms with van der Waals surface area (Å²) in [6.07, 6.45) is 36.7. The summed E-state index contributed by atoms with van der Waals surface area (Å²) in [7, 11) is 0. The number of ether oxygens (including phenoxy) is 3. The van der Waals surface area contributed by atoms with Crippen LogP contribution in [0.4, 0.5) is 0 Å². The fourth-order valence-corrected chi connectivity index (χ4v) is 6.75. The van der Waals surface area contributed by atoms with Crippen LogP contribution in [0.25, 0.3) is 0 Å². The molecule has 0 saturated heterocycles. The molecular weight excluding hydrogens is 649 g/mol. The third kappa shape index (κ3) is 39.6. The van der Waals surface area contributed by atoms with Gasteiger partial charge in [-0.25, -0.2) is 0 Å². The van der Waals surface area contributed by atoms with Crippen molar-refractivity contribution in [3.63, 3.8) is 0 Å². The SMILES string of the molecule is CCCCCCCCCC(=O)OC[C@@H](COC(=O)CCCCCCCCCCCCCCC(C)C)OC(=O)CCCCCCCCCCCC(C)C. The molecule has 0 aromatic heterocycles. The first-order valence-corrected chi connectivity index (χ1v) is 22.7. The molecule has 0 aromatic carbocycles. The summed E-state index contributed by atoms with van der Waals surface area (Å²) in [6.45, 7) is 11.3. The van der Waals surface area contributed by atoms with Crippen LogP contribution in [-0.2, 0) is 28.6 Å². The zero-order valence-corrected chi connectivity index (χ0v) is 35.4. The van der Waals surface area contributed by atoms with Crippen molar-refractivity contribution in [2.75, 3.05) is 13.2 Å². The lowest BCUT2D eigenvalue weighted by Gasteiger charge is -2.18. The van der Waals surface area contributed by atoms with Gasteiger partial charge >= 0.3 is 17.9 Å². The van der Waals surface area contributed by atoms with Crippen molar-refractivity contribution in [3.05, 3.63) is 0 Å². The Bertz CT molecular complexity index is 794. The lowest BCUT2D eigenvalue weighted by atomic mass is 10.0. The smallest absolute Gasteiger partial charge is 0.306 e. The van der Waals surface area contributed by atoms with Gasteiger partial charge in [-0.3, -0.25) is 14.4 Å². The minimum Gasteiger partial charge on any atom is -0.462 e. The Morgan fingerprint density at radius 1 is 0.365 bits per heavy atom. The van der Waals surface area contributed by atoms with Crippen LogP contribution in [0.15, 0.2) is 0 Å². The van der Waals surface area contributed by atoms with Crippen molar-refractivity contribution in [3.8, 4) is 0 Å². The van der Waals surface area contributed by atoms with E-state index >= 15 is 0 Å². The van der Waals surface area contributed by atoms with E-state index in [2.05, 4.69) is 34.6 Å². The summed E-state index contributed by atoms with van der Waals surface area (Å²) in [6, 6.07) is 0. The maximum Gasteiger partial charge on any atom is 0.306 e. The zero-order chi connectivity index (χ0) is 38.3. The van der Waals surface area contributed by atoms with E-state index in [1.54, 1.807) is 0 Å². The second-order valence-corrected chi connectivity index (χ2v) is 16.6. The lowest BCUT2D eigenvalue weighted by Crippen LogP contribution is -2.30. The highest BCUT2D eigenvalue weighted by Gasteiger charge is 2.19. The Balaban J connectivity index is 4.26. The van der Waals surface area contributed by atoms with Crippen LogP contribution in [0.5, 0.6) is 0 Å². The summed E-state index contributed by atoms with van der Waals surface area (Å²) in [5.74, 6) is 0.776. The molecule has 0 aliphatic carbocycles. The summed E-state index contributed by atoms with van der Waals surface area (Å²) in [4.78, 5) is 37.6. The molecule has 6 heteroatoms. The van der Waals surface area contributed by atoms with Crippen LogP contribution >= 0.6 is 0 Å². The molecule has 0 amide bonds. The van der Waals surface area contributed by atoms with Crippen molar-refractivity contribution >= 4 is 17.9 Å². The molecule has 0 aromatic rings. The number of hydrogen-bond acceptors (Lipinski definition) is 6. The third-order valence-electron chi connectivity index (χ3n) is 10.2. The van der Waals surface area contributed by atoms with Gasteiger partial charge in [0.05, 0.1) is 0 Å². The normalized spacial score (nSPS) is 12.1. The molecule has 0 aliphatic rings. The van der Waals surface area contributed by atoms with E-state index in [4.69, 9.17) is 14.2 Å². The van der Waals surface area contributed by atoms with Crippen molar-refractivity contribution < 1.29 is 28.6 Å². The number of hydrogen-bond donors (Lipinski definition) is 0. The minimum absolute atomic E-state index is 0.0653. The molecule has 0 aliphatic heterocycles. The average molecular weight is 737 g/mol. The highest BCUT2D eigenvalue weighted by molar-refractivity contribution is 5.71. The highest BCUT2D eigenvalue weighted by Crippen LogP contribution is 2.16. The molecule has 0 spiro atoms. The molecule has 0 radical (unpaired) electrons. The zero-order valence-electron chi connectivity index (χ0n) is 35.4. The van der Waals surface area contributed by atoms with E-state index in [1.807, 2.05) is 0 Å². The van der Waals surface area contributed by atoms with E-state index in [1.165, 1.54) is 135 Å². The van der Waals surface area contributed by atoms with Crippen LogP contribution in [0.2, 0.25) is 0 Å². The van der Waals surface area contributed by atoms with Crippen molar-refractivity contribution in [2.24, 2.45) is 11.8 Å². The Kier molecular flexibility index (Phi) is 37.9. The number of rotatable bonds is 40. The van der Waals surface area contributed by atoms with Gasteiger partial charge in [0.25, 0.3) is 0 Å². The van der Waals surface area contributed by atoms with Crippen LogP contribution in [0.3, 0.4) is 0 Å². The van der Waals surface area contributed by atoms with Crippen molar-refractivity contribution in [2.45, 2.75) is 253 Å². The molecule has 0 N–H and O–H groups in total. The molecule has 308 valence electrons. The highest BCUT2D eigenvalue weighted by atomic mass is 16.6. The molecule has 0 unspecified atom stereocenters. The first-order valence-electron chi connectivity index (χ1n) is 22.7.